The Kier molecular flexibility index (Phi) is 5.25. The van der Waals surface area contributed by atoms with Crippen molar-refractivity contribution in [3.63, 3.8) is 0 Å². The third-order valence-corrected chi connectivity index (χ3v) is 4.31. The molecule has 25 heavy (non-hydrogen) atoms. The minimum Gasteiger partial charge on any atom is -0.497 e. The monoisotopic (exact) mass is 348 g/mol. The van der Waals surface area contributed by atoms with E-state index < -0.39 is 0 Å². The van der Waals surface area contributed by atoms with Gasteiger partial charge in [-0.15, -0.1) is 0 Å². The lowest BCUT2D eigenvalue weighted by atomic mass is 10.0. The molecule has 0 spiro atoms. The van der Waals surface area contributed by atoms with E-state index >= 15 is 0 Å². The highest BCUT2D eigenvalue weighted by molar-refractivity contribution is 6.51. The largest absolute Gasteiger partial charge is 0.497 e. The average molecular weight is 349 g/mol. The zero-order valence-electron chi connectivity index (χ0n) is 14.7. The van der Waals surface area contributed by atoms with Gasteiger partial charge >= 0.3 is 0 Å². The summed E-state index contributed by atoms with van der Waals surface area (Å²) >= 11 is 6.57. The van der Waals surface area contributed by atoms with E-state index in [1.807, 2.05) is 30.3 Å². The molecule has 3 rings (SSSR count). The summed E-state index contributed by atoms with van der Waals surface area (Å²) < 4.78 is 5.28. The Morgan fingerprint density at radius 1 is 0.840 bits per heavy atom. The standard InChI is InChI=1S/C23H21ClO/c1-16(2)11-17-5-4-6-21(13-17)23(24)14-18-7-8-20-15-22(25-3)10-9-19(20)12-18/h4-15H,1-3H3/b23-14+. The summed E-state index contributed by atoms with van der Waals surface area (Å²) in [6.45, 7) is 4.18. The molecular formula is C23H21ClO. The number of hydrogen-bond donors (Lipinski definition) is 0. The van der Waals surface area contributed by atoms with Crippen molar-refractivity contribution in [2.75, 3.05) is 7.11 Å². The molecule has 0 aromatic heterocycles. The molecule has 0 radical (unpaired) electrons. The van der Waals surface area contributed by atoms with Gasteiger partial charge in [0.05, 0.1) is 7.11 Å². The van der Waals surface area contributed by atoms with Crippen molar-refractivity contribution < 1.29 is 4.74 Å². The van der Waals surface area contributed by atoms with E-state index in [1.54, 1.807) is 7.11 Å². The second-order valence-corrected chi connectivity index (χ2v) is 6.72. The van der Waals surface area contributed by atoms with Gasteiger partial charge in [-0.3, -0.25) is 0 Å². The molecule has 0 unspecified atom stereocenters. The number of fused-ring (bicyclic) bond motifs is 1. The number of benzene rings is 3. The van der Waals surface area contributed by atoms with Gasteiger partial charge in [0.1, 0.15) is 5.75 Å². The maximum Gasteiger partial charge on any atom is 0.119 e. The van der Waals surface area contributed by atoms with Gasteiger partial charge in [-0.25, -0.2) is 0 Å². The lowest BCUT2D eigenvalue weighted by molar-refractivity contribution is 0.415. The van der Waals surface area contributed by atoms with Crippen LogP contribution in [0.25, 0.3) is 28.0 Å². The molecular weight excluding hydrogens is 328 g/mol. The molecule has 0 aliphatic rings. The lowest BCUT2D eigenvalue weighted by Crippen LogP contribution is -1.83. The first-order valence-corrected chi connectivity index (χ1v) is 8.63. The Bertz CT molecular complexity index is 963. The SMILES string of the molecule is COc1ccc2cc(/C=C(/Cl)c3cccc(C=C(C)C)c3)ccc2c1. The molecule has 0 fully saturated rings. The van der Waals surface area contributed by atoms with Crippen LogP contribution < -0.4 is 4.74 Å². The highest BCUT2D eigenvalue weighted by Crippen LogP contribution is 2.27. The van der Waals surface area contributed by atoms with Crippen molar-refractivity contribution in [2.24, 2.45) is 0 Å². The van der Waals surface area contributed by atoms with Gasteiger partial charge in [0, 0.05) is 5.03 Å². The summed E-state index contributed by atoms with van der Waals surface area (Å²) in [6.07, 6.45) is 4.16. The van der Waals surface area contributed by atoms with Crippen LogP contribution in [0.2, 0.25) is 0 Å². The molecule has 0 bridgehead atoms. The molecule has 126 valence electrons. The molecule has 0 saturated heterocycles. The topological polar surface area (TPSA) is 9.23 Å². The number of halogens is 1. The van der Waals surface area contributed by atoms with Gasteiger partial charge in [0.15, 0.2) is 0 Å². The molecule has 2 heteroatoms. The van der Waals surface area contributed by atoms with E-state index in [2.05, 4.69) is 56.3 Å². The normalized spacial score (nSPS) is 11.4. The van der Waals surface area contributed by atoms with Crippen molar-refractivity contribution in [1.82, 2.24) is 0 Å². The van der Waals surface area contributed by atoms with Crippen molar-refractivity contribution in [3.8, 4) is 5.75 Å². The van der Waals surface area contributed by atoms with E-state index in [0.29, 0.717) is 0 Å². The predicted molar refractivity (Wildman–Crippen MR) is 110 cm³/mol. The summed E-state index contributed by atoms with van der Waals surface area (Å²) in [7, 11) is 1.68. The van der Waals surface area contributed by atoms with Gasteiger partial charge in [-0.05, 0) is 71.7 Å². The Morgan fingerprint density at radius 3 is 2.32 bits per heavy atom. The van der Waals surface area contributed by atoms with Crippen molar-refractivity contribution in [3.05, 3.63) is 82.9 Å². The van der Waals surface area contributed by atoms with E-state index in [-0.39, 0.29) is 0 Å². The number of allylic oxidation sites excluding steroid dienone is 1. The molecule has 0 saturated carbocycles. The molecule has 0 heterocycles. The Labute approximate surface area is 154 Å². The second kappa shape index (κ2) is 7.58. The third kappa shape index (κ3) is 4.32. The highest BCUT2D eigenvalue weighted by Gasteiger charge is 2.02. The number of hydrogen-bond acceptors (Lipinski definition) is 1. The van der Waals surface area contributed by atoms with Crippen molar-refractivity contribution >= 4 is 39.6 Å². The van der Waals surface area contributed by atoms with Crippen LogP contribution in [0.3, 0.4) is 0 Å². The van der Waals surface area contributed by atoms with Gasteiger partial charge < -0.3 is 4.74 Å². The number of methoxy groups -OCH3 is 1. The summed E-state index contributed by atoms with van der Waals surface area (Å²) in [5.41, 5.74) is 4.53. The van der Waals surface area contributed by atoms with Crippen molar-refractivity contribution in [2.45, 2.75) is 13.8 Å². The summed E-state index contributed by atoms with van der Waals surface area (Å²) in [4.78, 5) is 0. The zero-order chi connectivity index (χ0) is 17.8. The minimum absolute atomic E-state index is 0.733. The third-order valence-electron chi connectivity index (χ3n) is 3.98. The van der Waals surface area contributed by atoms with Gasteiger partial charge in [-0.1, -0.05) is 59.6 Å². The van der Waals surface area contributed by atoms with E-state index in [4.69, 9.17) is 16.3 Å². The van der Waals surface area contributed by atoms with Gasteiger partial charge in [-0.2, -0.15) is 0 Å². The maximum absolute atomic E-state index is 6.57. The number of rotatable bonds is 4. The molecule has 3 aromatic rings. The van der Waals surface area contributed by atoms with Crippen LogP contribution in [0, 0.1) is 0 Å². The Morgan fingerprint density at radius 2 is 1.56 bits per heavy atom. The van der Waals surface area contributed by atoms with E-state index in [1.165, 1.54) is 5.57 Å². The fourth-order valence-corrected chi connectivity index (χ4v) is 3.04. The van der Waals surface area contributed by atoms with Crippen LogP contribution in [0.5, 0.6) is 5.75 Å². The van der Waals surface area contributed by atoms with Gasteiger partial charge in [0.2, 0.25) is 0 Å². The fraction of sp³-hybridized carbons (Fsp3) is 0.130. The average Bonchev–Trinajstić information content (AvgIpc) is 2.61. The van der Waals surface area contributed by atoms with Crippen molar-refractivity contribution in [1.29, 1.82) is 0 Å². The molecule has 0 N–H and O–H groups in total. The van der Waals surface area contributed by atoms with Crippen LogP contribution in [0.1, 0.15) is 30.5 Å². The minimum atomic E-state index is 0.733. The Balaban J connectivity index is 1.94. The van der Waals surface area contributed by atoms with E-state index in [9.17, 15) is 0 Å². The summed E-state index contributed by atoms with van der Waals surface area (Å²) in [5, 5.41) is 3.05. The molecule has 0 amide bonds. The molecule has 0 aliphatic carbocycles. The van der Waals surface area contributed by atoms with Crippen LogP contribution >= 0.6 is 11.6 Å². The quantitative estimate of drug-likeness (QED) is 0.461. The first-order chi connectivity index (χ1) is 12.0. The van der Waals surface area contributed by atoms with Crippen LogP contribution in [-0.2, 0) is 0 Å². The molecule has 0 aliphatic heterocycles. The van der Waals surface area contributed by atoms with Gasteiger partial charge in [0.25, 0.3) is 0 Å². The maximum atomic E-state index is 6.57. The Hall–Kier alpha value is -2.51. The molecule has 0 atom stereocenters. The fourth-order valence-electron chi connectivity index (χ4n) is 2.80. The van der Waals surface area contributed by atoms with E-state index in [0.717, 1.165) is 38.2 Å². The molecule has 3 aromatic carbocycles. The lowest BCUT2D eigenvalue weighted by Gasteiger charge is -2.05. The first kappa shape index (κ1) is 17.3. The van der Waals surface area contributed by atoms with Crippen LogP contribution in [-0.4, -0.2) is 7.11 Å². The van der Waals surface area contributed by atoms with Crippen LogP contribution in [0.15, 0.2) is 66.2 Å². The highest BCUT2D eigenvalue weighted by atomic mass is 35.5. The predicted octanol–water partition coefficient (Wildman–Crippen LogP) is 7.01. The zero-order valence-corrected chi connectivity index (χ0v) is 15.5. The summed E-state index contributed by atoms with van der Waals surface area (Å²) in [5.74, 6) is 0.866. The molecule has 1 nitrogen and oxygen atoms in total. The number of ether oxygens (including phenoxy) is 1. The first-order valence-electron chi connectivity index (χ1n) is 8.25. The summed E-state index contributed by atoms with van der Waals surface area (Å²) in [6, 6.07) is 20.6. The van der Waals surface area contributed by atoms with Crippen LogP contribution in [0.4, 0.5) is 0 Å². The second-order valence-electron chi connectivity index (χ2n) is 6.31. The smallest absolute Gasteiger partial charge is 0.119 e.